The Balaban J connectivity index is 1.64. The lowest BCUT2D eigenvalue weighted by Crippen LogP contribution is -2.46. The lowest BCUT2D eigenvalue weighted by molar-refractivity contribution is 0.0778. The number of aromatic nitrogens is 3. The first-order chi connectivity index (χ1) is 21.3. The summed E-state index contributed by atoms with van der Waals surface area (Å²) in [4.78, 5) is 27.0. The fourth-order valence-electron chi connectivity index (χ4n) is 4.58. The number of amides is 2. The van der Waals surface area contributed by atoms with Crippen molar-refractivity contribution in [2.75, 3.05) is 17.6 Å². The number of rotatable bonds is 13. The van der Waals surface area contributed by atoms with Gasteiger partial charge in [0.15, 0.2) is 0 Å². The average Bonchev–Trinajstić information content (AvgIpc) is 3.47. The molecule has 4 rings (SSSR count). The van der Waals surface area contributed by atoms with Crippen LogP contribution in [-0.4, -0.2) is 70.9 Å². The Morgan fingerprint density at radius 3 is 2.20 bits per heavy atom. The number of halogens is 1. The summed E-state index contributed by atoms with van der Waals surface area (Å²) in [5, 5.41) is 33.8. The Bertz CT molecular complexity index is 1730. The van der Waals surface area contributed by atoms with Crippen LogP contribution >= 0.6 is 0 Å². The number of carbonyl (C=O) groups excluding carboxylic acids is 2. The van der Waals surface area contributed by atoms with Crippen molar-refractivity contribution in [3.05, 3.63) is 113 Å². The van der Waals surface area contributed by atoms with E-state index in [-0.39, 0.29) is 36.4 Å². The minimum atomic E-state index is -3.76. The van der Waals surface area contributed by atoms with E-state index in [1.54, 1.807) is 6.92 Å². The maximum Gasteiger partial charge on any atom is 0.251 e. The van der Waals surface area contributed by atoms with Gasteiger partial charge >= 0.3 is 0 Å². The molecule has 1 heterocycles. The maximum absolute atomic E-state index is 13.7. The zero-order valence-electron chi connectivity index (χ0n) is 25.0. The summed E-state index contributed by atoms with van der Waals surface area (Å²) in [5.41, 5.74) is 1.86. The SMILES string of the molecule is C[C@@H](NC(=O)c1cc(C(=O)N[C@@H](Cc2ccccc2)[C@@H](O)Cn2cc(CO)nn2)cc(N(C)S(C)(=O)=O)c1)c1ccc(F)cc1. The van der Waals surface area contributed by atoms with Gasteiger partial charge in [0.05, 0.1) is 49.5 Å². The molecular weight excluding hydrogens is 603 g/mol. The number of sulfonamides is 1. The van der Waals surface area contributed by atoms with Crippen LogP contribution in [0.5, 0.6) is 0 Å². The summed E-state index contributed by atoms with van der Waals surface area (Å²) in [7, 11) is -2.46. The Morgan fingerprint density at radius 1 is 1.00 bits per heavy atom. The van der Waals surface area contributed by atoms with Gasteiger partial charge in [-0.15, -0.1) is 5.10 Å². The van der Waals surface area contributed by atoms with Gasteiger partial charge < -0.3 is 20.8 Å². The van der Waals surface area contributed by atoms with Crippen molar-refractivity contribution >= 4 is 27.5 Å². The van der Waals surface area contributed by atoms with Crippen LogP contribution in [-0.2, 0) is 29.6 Å². The molecule has 3 aromatic carbocycles. The summed E-state index contributed by atoms with van der Waals surface area (Å²) in [6.07, 6.45) is 1.56. The van der Waals surface area contributed by atoms with Crippen LogP contribution in [0.4, 0.5) is 10.1 Å². The molecule has 4 aromatic rings. The lowest BCUT2D eigenvalue weighted by Gasteiger charge is -2.25. The molecule has 0 spiro atoms. The van der Waals surface area contributed by atoms with Crippen molar-refractivity contribution in [2.45, 2.75) is 44.7 Å². The van der Waals surface area contributed by atoms with E-state index in [2.05, 4.69) is 20.9 Å². The topological polar surface area (TPSA) is 167 Å². The number of nitrogens with zero attached hydrogens (tertiary/aromatic N) is 4. The highest BCUT2D eigenvalue weighted by Crippen LogP contribution is 2.23. The van der Waals surface area contributed by atoms with Crippen LogP contribution in [0.2, 0.25) is 0 Å². The molecule has 0 fully saturated rings. The van der Waals surface area contributed by atoms with Gasteiger partial charge in [-0.3, -0.25) is 13.9 Å². The molecule has 0 aliphatic carbocycles. The molecular formula is C31H35FN6O6S. The Kier molecular flexibility index (Phi) is 10.6. The van der Waals surface area contributed by atoms with Crippen LogP contribution in [0.1, 0.15) is 50.5 Å². The molecule has 0 aliphatic heterocycles. The number of hydrogen-bond donors (Lipinski definition) is 4. The number of carbonyl (C=O) groups is 2. The summed E-state index contributed by atoms with van der Waals surface area (Å²) in [5.74, 6) is -1.67. The second kappa shape index (κ2) is 14.4. The number of hydrogen-bond acceptors (Lipinski definition) is 8. The van der Waals surface area contributed by atoms with Gasteiger partial charge in [0.25, 0.3) is 11.8 Å². The molecule has 3 atom stereocenters. The summed E-state index contributed by atoms with van der Waals surface area (Å²) >= 11 is 0. The zero-order valence-corrected chi connectivity index (χ0v) is 25.8. The summed E-state index contributed by atoms with van der Waals surface area (Å²) < 4.78 is 40.5. The summed E-state index contributed by atoms with van der Waals surface area (Å²) in [6, 6.07) is 17.5. The third-order valence-corrected chi connectivity index (χ3v) is 8.43. The minimum Gasteiger partial charge on any atom is -0.390 e. The van der Waals surface area contributed by atoms with Gasteiger partial charge in [-0.25, -0.2) is 17.5 Å². The fourth-order valence-corrected chi connectivity index (χ4v) is 5.07. The maximum atomic E-state index is 13.7. The third-order valence-electron chi connectivity index (χ3n) is 7.22. The zero-order chi connectivity index (χ0) is 32.7. The van der Waals surface area contributed by atoms with Crippen LogP contribution in [0.3, 0.4) is 0 Å². The second-order valence-electron chi connectivity index (χ2n) is 10.7. The molecule has 0 radical (unpaired) electrons. The van der Waals surface area contributed by atoms with E-state index in [1.165, 1.54) is 60.4 Å². The van der Waals surface area contributed by atoms with Crippen molar-refractivity contribution in [1.82, 2.24) is 25.6 Å². The number of benzene rings is 3. The smallest absolute Gasteiger partial charge is 0.251 e. The molecule has 4 N–H and O–H groups in total. The van der Waals surface area contributed by atoms with Crippen molar-refractivity contribution in [1.29, 1.82) is 0 Å². The van der Waals surface area contributed by atoms with Crippen LogP contribution < -0.4 is 14.9 Å². The monoisotopic (exact) mass is 638 g/mol. The molecule has 0 unspecified atom stereocenters. The van der Waals surface area contributed by atoms with Gasteiger partial charge in [-0.2, -0.15) is 0 Å². The highest BCUT2D eigenvalue weighted by Gasteiger charge is 2.26. The Morgan fingerprint density at radius 2 is 1.62 bits per heavy atom. The quantitative estimate of drug-likeness (QED) is 0.173. The fraction of sp³-hybridized carbons (Fsp3) is 0.290. The van der Waals surface area contributed by atoms with Crippen molar-refractivity contribution in [3.63, 3.8) is 0 Å². The van der Waals surface area contributed by atoms with Gasteiger partial charge in [0.1, 0.15) is 11.5 Å². The van der Waals surface area contributed by atoms with Crippen LogP contribution in [0, 0.1) is 5.82 Å². The normalized spacial score (nSPS) is 13.5. The predicted molar refractivity (Wildman–Crippen MR) is 165 cm³/mol. The van der Waals surface area contributed by atoms with Gasteiger partial charge in [0.2, 0.25) is 10.0 Å². The average molecular weight is 639 g/mol. The first-order valence-electron chi connectivity index (χ1n) is 14.0. The van der Waals surface area contributed by atoms with Crippen molar-refractivity contribution in [3.8, 4) is 0 Å². The van der Waals surface area contributed by atoms with Gasteiger partial charge in [0, 0.05) is 18.2 Å². The number of anilines is 1. The predicted octanol–water partition coefficient (Wildman–Crippen LogP) is 2.20. The van der Waals surface area contributed by atoms with Gasteiger partial charge in [-0.1, -0.05) is 47.7 Å². The highest BCUT2D eigenvalue weighted by atomic mass is 32.2. The van der Waals surface area contributed by atoms with E-state index >= 15 is 0 Å². The van der Waals surface area contributed by atoms with E-state index in [0.29, 0.717) is 11.3 Å². The molecule has 0 aliphatic rings. The third kappa shape index (κ3) is 8.94. The summed E-state index contributed by atoms with van der Waals surface area (Å²) in [6.45, 7) is 1.34. The van der Waals surface area contributed by atoms with Crippen molar-refractivity contribution in [2.24, 2.45) is 0 Å². The van der Waals surface area contributed by atoms with Gasteiger partial charge in [-0.05, 0) is 54.8 Å². The molecule has 12 nitrogen and oxygen atoms in total. The molecule has 45 heavy (non-hydrogen) atoms. The van der Waals surface area contributed by atoms with E-state index < -0.39 is 45.8 Å². The minimum absolute atomic E-state index is 0.0152. The van der Waals surface area contributed by atoms with E-state index in [0.717, 1.165) is 16.1 Å². The van der Waals surface area contributed by atoms with Crippen LogP contribution in [0.25, 0.3) is 0 Å². The van der Waals surface area contributed by atoms with E-state index in [1.807, 2.05) is 30.3 Å². The molecule has 1 aromatic heterocycles. The molecule has 0 saturated heterocycles. The Hall–Kier alpha value is -4.66. The molecule has 14 heteroatoms. The molecule has 0 saturated carbocycles. The standard InChI is InChI=1S/C31H35FN6O6S/c1-20(22-9-11-25(32)12-10-22)33-30(41)23-14-24(16-27(15-23)37(2)45(3,43)44)31(42)34-28(13-21-7-5-4-6-8-21)29(40)18-38-17-26(19-39)35-36-38/h4-12,14-17,20,28-29,39-40H,13,18-19H2,1-3H3,(H,33,41)(H,34,42)/t20-,28+,29+/m1/s1. The molecule has 238 valence electrons. The number of aliphatic hydroxyl groups excluding tert-OH is 2. The highest BCUT2D eigenvalue weighted by molar-refractivity contribution is 7.92. The van der Waals surface area contributed by atoms with E-state index in [9.17, 15) is 32.6 Å². The van der Waals surface area contributed by atoms with Crippen LogP contribution in [0.15, 0.2) is 79.0 Å². The second-order valence-corrected chi connectivity index (χ2v) is 12.7. The first-order valence-corrected chi connectivity index (χ1v) is 15.9. The number of nitrogens with one attached hydrogen (secondary N) is 2. The first kappa shape index (κ1) is 33.2. The molecule has 2 amide bonds. The largest absolute Gasteiger partial charge is 0.390 e. The van der Waals surface area contributed by atoms with Crippen molar-refractivity contribution < 1.29 is 32.6 Å². The van der Waals surface area contributed by atoms with E-state index in [4.69, 9.17) is 0 Å². The molecule has 0 bridgehead atoms. The number of aliphatic hydroxyl groups is 2. The Labute approximate surface area is 260 Å². The lowest BCUT2D eigenvalue weighted by atomic mass is 10.00.